The number of nitrogens with zero attached hydrogens (tertiary/aromatic N) is 3. The zero-order chi connectivity index (χ0) is 21.1. The number of benzene rings is 2. The normalized spacial score (nSPS) is 15.7. The van der Waals surface area contributed by atoms with E-state index in [-0.39, 0.29) is 18.0 Å². The lowest BCUT2D eigenvalue weighted by molar-refractivity contribution is -0.385. The van der Waals surface area contributed by atoms with Gasteiger partial charge in [-0.25, -0.2) is 5.01 Å². The number of nitro groups is 1. The molecule has 8 heteroatoms. The van der Waals surface area contributed by atoms with Crippen molar-refractivity contribution >= 4 is 17.3 Å². The van der Waals surface area contributed by atoms with E-state index in [1.165, 1.54) is 17.1 Å². The number of para-hydroxylation sites is 2. The molecule has 1 aliphatic rings. The molecule has 0 bridgehead atoms. The number of amides is 1. The summed E-state index contributed by atoms with van der Waals surface area (Å²) in [7, 11) is 0. The molecule has 2 aromatic carbocycles. The number of aryl methyl sites for hydroxylation is 1. The lowest BCUT2D eigenvalue weighted by Gasteiger charge is -2.19. The zero-order valence-electron chi connectivity index (χ0n) is 16.2. The zero-order valence-corrected chi connectivity index (χ0v) is 16.2. The van der Waals surface area contributed by atoms with Gasteiger partial charge in [0.25, 0.3) is 5.91 Å². The van der Waals surface area contributed by atoms with Gasteiger partial charge in [0.1, 0.15) is 11.8 Å². The first kappa shape index (κ1) is 19.4. The lowest BCUT2D eigenvalue weighted by Crippen LogP contribution is -2.31. The van der Waals surface area contributed by atoms with Crippen molar-refractivity contribution in [1.82, 2.24) is 5.01 Å². The highest BCUT2D eigenvalue weighted by Crippen LogP contribution is 2.33. The number of hydrogen-bond donors (Lipinski definition) is 0. The maximum Gasteiger partial charge on any atom is 0.310 e. The maximum absolute atomic E-state index is 12.9. The number of nitro benzene ring substituents is 1. The van der Waals surface area contributed by atoms with Gasteiger partial charge in [0.05, 0.1) is 16.9 Å². The maximum atomic E-state index is 12.9. The molecular weight excluding hydrogens is 386 g/mol. The van der Waals surface area contributed by atoms with E-state index in [9.17, 15) is 14.9 Å². The first-order valence-corrected chi connectivity index (χ1v) is 9.39. The number of furan rings is 1. The number of carbonyl (C=O) groups is 1. The molecule has 2 heterocycles. The minimum absolute atomic E-state index is 0.0346. The first-order valence-electron chi connectivity index (χ1n) is 9.39. The van der Waals surface area contributed by atoms with Gasteiger partial charge in [-0.15, -0.1) is 0 Å². The van der Waals surface area contributed by atoms with E-state index in [0.717, 1.165) is 16.8 Å². The Hall–Kier alpha value is -3.94. The molecule has 0 radical (unpaired) electrons. The fraction of sp³-hybridized carbons (Fsp3) is 0.182. The van der Waals surface area contributed by atoms with Crippen LogP contribution in [0, 0.1) is 17.0 Å². The number of rotatable bonds is 6. The van der Waals surface area contributed by atoms with Gasteiger partial charge in [-0.3, -0.25) is 14.9 Å². The Morgan fingerprint density at radius 3 is 2.67 bits per heavy atom. The predicted molar refractivity (Wildman–Crippen MR) is 109 cm³/mol. The van der Waals surface area contributed by atoms with Crippen LogP contribution in [0.5, 0.6) is 5.75 Å². The van der Waals surface area contributed by atoms with Gasteiger partial charge in [-0.2, -0.15) is 5.10 Å². The van der Waals surface area contributed by atoms with Gasteiger partial charge in [-0.05, 0) is 30.7 Å². The molecule has 1 aromatic heterocycles. The van der Waals surface area contributed by atoms with Crippen LogP contribution in [0.25, 0.3) is 0 Å². The molecule has 0 spiro atoms. The molecule has 1 aliphatic heterocycles. The number of carbonyl (C=O) groups excluding carboxylic acids is 1. The van der Waals surface area contributed by atoms with Gasteiger partial charge >= 0.3 is 5.69 Å². The largest absolute Gasteiger partial charge is 0.477 e. The van der Waals surface area contributed by atoms with E-state index in [1.807, 2.05) is 31.2 Å². The molecule has 8 nitrogen and oxygen atoms in total. The summed E-state index contributed by atoms with van der Waals surface area (Å²) in [5.41, 5.74) is 2.62. The van der Waals surface area contributed by atoms with Crippen LogP contribution in [0.3, 0.4) is 0 Å². The van der Waals surface area contributed by atoms with Crippen LogP contribution in [-0.2, 0) is 4.79 Å². The Morgan fingerprint density at radius 2 is 1.97 bits per heavy atom. The van der Waals surface area contributed by atoms with Gasteiger partial charge in [0, 0.05) is 12.5 Å². The second-order valence-corrected chi connectivity index (χ2v) is 6.90. The van der Waals surface area contributed by atoms with Crippen LogP contribution in [0.15, 0.2) is 76.4 Å². The molecule has 152 valence electrons. The summed E-state index contributed by atoms with van der Waals surface area (Å²) >= 11 is 0. The van der Waals surface area contributed by atoms with Gasteiger partial charge in [-0.1, -0.05) is 42.0 Å². The molecule has 30 heavy (non-hydrogen) atoms. The van der Waals surface area contributed by atoms with E-state index >= 15 is 0 Å². The summed E-state index contributed by atoms with van der Waals surface area (Å²) in [5.74, 6) is 0.226. The molecule has 1 amide bonds. The Bertz CT molecular complexity index is 1090. The number of hydrogen-bond acceptors (Lipinski definition) is 6. The first-order chi connectivity index (χ1) is 14.5. The highest BCUT2D eigenvalue weighted by molar-refractivity contribution is 6.03. The third kappa shape index (κ3) is 3.93. The predicted octanol–water partition coefficient (Wildman–Crippen LogP) is 4.25. The van der Waals surface area contributed by atoms with E-state index in [4.69, 9.17) is 9.15 Å². The van der Waals surface area contributed by atoms with Crippen molar-refractivity contribution in [3.05, 3.63) is 93.9 Å². The summed E-state index contributed by atoms with van der Waals surface area (Å²) in [5, 5.41) is 17.0. The second kappa shape index (κ2) is 8.20. The topological polar surface area (TPSA) is 98.2 Å². The summed E-state index contributed by atoms with van der Waals surface area (Å²) < 4.78 is 11.0. The Morgan fingerprint density at radius 1 is 1.20 bits per heavy atom. The quantitative estimate of drug-likeness (QED) is 0.451. The SMILES string of the molecule is Cc1ccc(C2=NN(C(=O)COc3ccccc3[N+](=O)[O-])[C@H](c3ccco3)C2)cc1. The van der Waals surface area contributed by atoms with Crippen LogP contribution in [-0.4, -0.2) is 28.2 Å². The minimum atomic E-state index is -0.547. The van der Waals surface area contributed by atoms with Gasteiger partial charge in [0.15, 0.2) is 12.4 Å². The average molecular weight is 405 g/mol. The number of hydrazone groups is 1. The summed E-state index contributed by atoms with van der Waals surface area (Å²) in [4.78, 5) is 23.5. The fourth-order valence-corrected chi connectivity index (χ4v) is 3.30. The average Bonchev–Trinajstić information content (AvgIpc) is 3.42. The smallest absolute Gasteiger partial charge is 0.310 e. The summed E-state index contributed by atoms with van der Waals surface area (Å²) in [6, 6.07) is 17.0. The van der Waals surface area contributed by atoms with Crippen LogP contribution in [0.4, 0.5) is 5.69 Å². The standard InChI is InChI=1S/C22H19N3O5/c1-15-8-10-16(11-9-15)17-13-19(21-7-4-12-29-21)24(23-17)22(26)14-30-20-6-3-2-5-18(20)25(27)28/h2-12,19H,13-14H2,1H3/t19-/m0/s1. The summed E-state index contributed by atoms with van der Waals surface area (Å²) in [6.45, 7) is 1.62. The van der Waals surface area contributed by atoms with Crippen LogP contribution in [0.1, 0.15) is 29.3 Å². The van der Waals surface area contributed by atoms with Gasteiger partial charge in [0.2, 0.25) is 0 Å². The van der Waals surface area contributed by atoms with E-state index in [1.54, 1.807) is 30.5 Å². The number of ether oxygens (including phenoxy) is 1. The van der Waals surface area contributed by atoms with Crippen molar-refractivity contribution in [3.63, 3.8) is 0 Å². The Labute approximate surface area is 172 Å². The molecule has 0 N–H and O–H groups in total. The molecule has 0 unspecified atom stereocenters. The van der Waals surface area contributed by atoms with Crippen molar-refractivity contribution < 1.29 is 18.9 Å². The molecule has 3 aromatic rings. The molecule has 0 aliphatic carbocycles. The lowest BCUT2D eigenvalue weighted by atomic mass is 10.0. The molecule has 0 saturated carbocycles. The molecule has 0 fully saturated rings. The Kier molecular flexibility index (Phi) is 5.30. The van der Waals surface area contributed by atoms with Gasteiger partial charge < -0.3 is 9.15 Å². The second-order valence-electron chi connectivity index (χ2n) is 6.90. The Balaban J connectivity index is 1.56. The van der Waals surface area contributed by atoms with Crippen LogP contribution < -0.4 is 4.74 Å². The van der Waals surface area contributed by atoms with E-state index in [2.05, 4.69) is 5.10 Å². The van der Waals surface area contributed by atoms with E-state index in [0.29, 0.717) is 12.2 Å². The third-order valence-corrected chi connectivity index (χ3v) is 4.84. The monoisotopic (exact) mass is 405 g/mol. The van der Waals surface area contributed by atoms with Crippen LogP contribution >= 0.6 is 0 Å². The van der Waals surface area contributed by atoms with E-state index < -0.39 is 16.9 Å². The molecule has 4 rings (SSSR count). The van der Waals surface area contributed by atoms with Crippen molar-refractivity contribution in [2.75, 3.05) is 6.61 Å². The fourth-order valence-electron chi connectivity index (χ4n) is 3.30. The highest BCUT2D eigenvalue weighted by Gasteiger charge is 2.35. The third-order valence-electron chi connectivity index (χ3n) is 4.84. The highest BCUT2D eigenvalue weighted by atomic mass is 16.6. The van der Waals surface area contributed by atoms with Crippen molar-refractivity contribution in [2.24, 2.45) is 5.10 Å². The van der Waals surface area contributed by atoms with Crippen molar-refractivity contribution in [3.8, 4) is 5.75 Å². The minimum Gasteiger partial charge on any atom is -0.477 e. The van der Waals surface area contributed by atoms with Crippen molar-refractivity contribution in [2.45, 2.75) is 19.4 Å². The van der Waals surface area contributed by atoms with Crippen molar-refractivity contribution in [1.29, 1.82) is 0 Å². The summed E-state index contributed by atoms with van der Waals surface area (Å²) in [6.07, 6.45) is 2.04. The molecular formula is C22H19N3O5. The molecule has 0 saturated heterocycles. The van der Waals surface area contributed by atoms with Crippen LogP contribution in [0.2, 0.25) is 0 Å². The molecule has 1 atom stereocenters.